The molecule has 1 aliphatic heterocycles. The molecule has 0 saturated carbocycles. The summed E-state index contributed by atoms with van der Waals surface area (Å²) in [5.74, 6) is 0.922. The van der Waals surface area contributed by atoms with E-state index in [4.69, 9.17) is 4.74 Å². The van der Waals surface area contributed by atoms with Crippen molar-refractivity contribution >= 4 is 5.82 Å². The molecule has 0 amide bonds. The highest BCUT2D eigenvalue weighted by atomic mass is 16.5. The smallest absolute Gasteiger partial charge is 0.129 e. The maximum Gasteiger partial charge on any atom is 0.129 e. The summed E-state index contributed by atoms with van der Waals surface area (Å²) in [5, 5.41) is 3.35. The number of nitrogens with one attached hydrogen (secondary N) is 1. The Labute approximate surface area is 121 Å². The Hall–Kier alpha value is -1.20. The highest BCUT2D eigenvalue weighted by Gasteiger charge is 2.21. The van der Waals surface area contributed by atoms with Gasteiger partial charge in [0, 0.05) is 31.4 Å². The Balaban J connectivity index is 1.59. The van der Waals surface area contributed by atoms with Gasteiger partial charge in [-0.3, -0.25) is 4.90 Å². The first-order valence-electron chi connectivity index (χ1n) is 7.54. The van der Waals surface area contributed by atoms with E-state index in [9.17, 15) is 0 Å². The van der Waals surface area contributed by atoms with E-state index in [2.05, 4.69) is 34.0 Å². The van der Waals surface area contributed by atoms with Crippen molar-refractivity contribution in [2.45, 2.75) is 45.8 Å². The van der Waals surface area contributed by atoms with Crippen LogP contribution in [0.5, 0.6) is 0 Å². The minimum atomic E-state index is 0.362. The molecule has 1 fully saturated rings. The Bertz CT molecular complexity index is 403. The molecule has 0 unspecified atom stereocenters. The zero-order valence-corrected chi connectivity index (χ0v) is 12.8. The molecular formula is C15H26N4O. The van der Waals surface area contributed by atoms with Crippen LogP contribution in [0.2, 0.25) is 0 Å². The van der Waals surface area contributed by atoms with Gasteiger partial charge in [0.1, 0.15) is 12.1 Å². The number of unbranched alkanes of at least 4 members (excludes halogenated alkanes) is 1. The van der Waals surface area contributed by atoms with Crippen LogP contribution in [0.25, 0.3) is 0 Å². The quantitative estimate of drug-likeness (QED) is 0.807. The average Bonchev–Trinajstić information content (AvgIpc) is 2.37. The van der Waals surface area contributed by atoms with E-state index in [1.54, 1.807) is 6.33 Å². The second-order valence-corrected chi connectivity index (χ2v) is 5.70. The summed E-state index contributed by atoms with van der Waals surface area (Å²) in [6.07, 6.45) is 4.69. The molecule has 1 saturated heterocycles. The summed E-state index contributed by atoms with van der Waals surface area (Å²) in [4.78, 5) is 10.8. The van der Waals surface area contributed by atoms with Crippen LogP contribution >= 0.6 is 0 Å². The molecule has 112 valence electrons. The van der Waals surface area contributed by atoms with Crippen LogP contribution in [0.4, 0.5) is 5.82 Å². The molecule has 1 aromatic heterocycles. The topological polar surface area (TPSA) is 50.3 Å². The number of ether oxygens (including phenoxy) is 1. The normalized spacial score (nSPS) is 23.8. The molecular weight excluding hydrogens is 252 g/mol. The fourth-order valence-electron chi connectivity index (χ4n) is 2.70. The summed E-state index contributed by atoms with van der Waals surface area (Å²) in [6, 6.07) is 1.98. The van der Waals surface area contributed by atoms with E-state index < -0.39 is 0 Å². The lowest BCUT2D eigenvalue weighted by Gasteiger charge is -2.35. The first-order chi connectivity index (χ1) is 9.63. The van der Waals surface area contributed by atoms with Gasteiger partial charge < -0.3 is 10.1 Å². The molecule has 0 radical (unpaired) electrons. The lowest BCUT2D eigenvalue weighted by Crippen LogP contribution is -2.45. The van der Waals surface area contributed by atoms with E-state index in [1.807, 2.05) is 13.0 Å². The van der Waals surface area contributed by atoms with E-state index >= 15 is 0 Å². The van der Waals surface area contributed by atoms with Crippen LogP contribution in [0.1, 0.15) is 32.4 Å². The maximum atomic E-state index is 5.74. The molecule has 0 spiro atoms. The van der Waals surface area contributed by atoms with Crippen molar-refractivity contribution in [1.82, 2.24) is 14.9 Å². The van der Waals surface area contributed by atoms with Gasteiger partial charge in [-0.25, -0.2) is 9.97 Å². The minimum Gasteiger partial charge on any atom is -0.373 e. The van der Waals surface area contributed by atoms with Gasteiger partial charge in [0.15, 0.2) is 0 Å². The van der Waals surface area contributed by atoms with Gasteiger partial charge in [-0.1, -0.05) is 0 Å². The number of aromatic nitrogens is 2. The molecule has 2 atom stereocenters. The standard InChI is InChI=1S/C15H26N4O/c1-12-8-15(18-11-17-12)16-6-4-5-7-19-9-13(2)20-14(3)10-19/h8,11,13-14H,4-7,9-10H2,1-3H3,(H,16,17,18)/t13-,14-/m0/s1. The van der Waals surface area contributed by atoms with Crippen LogP contribution in [0.3, 0.4) is 0 Å². The van der Waals surface area contributed by atoms with Crippen molar-refractivity contribution in [2.24, 2.45) is 0 Å². The summed E-state index contributed by atoms with van der Waals surface area (Å²) in [7, 11) is 0. The zero-order valence-electron chi connectivity index (χ0n) is 12.8. The van der Waals surface area contributed by atoms with Crippen LogP contribution in [0, 0.1) is 6.92 Å². The second kappa shape index (κ2) is 7.55. The number of aryl methyl sites for hydroxylation is 1. The Morgan fingerprint density at radius 3 is 2.70 bits per heavy atom. The number of anilines is 1. The number of hydrogen-bond acceptors (Lipinski definition) is 5. The number of rotatable bonds is 6. The van der Waals surface area contributed by atoms with Crippen molar-refractivity contribution in [1.29, 1.82) is 0 Å². The fraction of sp³-hybridized carbons (Fsp3) is 0.733. The molecule has 1 N–H and O–H groups in total. The summed E-state index contributed by atoms with van der Waals surface area (Å²) in [5.41, 5.74) is 0.999. The van der Waals surface area contributed by atoms with Gasteiger partial charge in [0.2, 0.25) is 0 Å². The third kappa shape index (κ3) is 5.06. The number of hydrogen-bond donors (Lipinski definition) is 1. The van der Waals surface area contributed by atoms with Crippen molar-refractivity contribution in [3.8, 4) is 0 Å². The van der Waals surface area contributed by atoms with Crippen LogP contribution in [-0.2, 0) is 4.74 Å². The molecule has 0 bridgehead atoms. The van der Waals surface area contributed by atoms with Gasteiger partial charge in [-0.05, 0) is 40.2 Å². The van der Waals surface area contributed by atoms with Gasteiger partial charge in [-0.15, -0.1) is 0 Å². The molecule has 2 rings (SSSR count). The maximum absolute atomic E-state index is 5.74. The third-order valence-electron chi connectivity index (χ3n) is 3.51. The van der Waals surface area contributed by atoms with Crippen molar-refractivity contribution in [3.05, 3.63) is 18.1 Å². The van der Waals surface area contributed by atoms with Crippen molar-refractivity contribution in [3.63, 3.8) is 0 Å². The first kappa shape index (κ1) is 15.2. The van der Waals surface area contributed by atoms with E-state index in [1.165, 1.54) is 6.42 Å². The number of nitrogens with zero attached hydrogens (tertiary/aromatic N) is 3. The largest absolute Gasteiger partial charge is 0.373 e. The molecule has 5 heteroatoms. The van der Waals surface area contributed by atoms with E-state index in [0.29, 0.717) is 12.2 Å². The summed E-state index contributed by atoms with van der Waals surface area (Å²) in [6.45, 7) is 10.5. The van der Waals surface area contributed by atoms with Gasteiger partial charge in [-0.2, -0.15) is 0 Å². The third-order valence-corrected chi connectivity index (χ3v) is 3.51. The molecule has 0 aromatic carbocycles. The molecule has 2 heterocycles. The van der Waals surface area contributed by atoms with Gasteiger partial charge >= 0.3 is 0 Å². The Morgan fingerprint density at radius 1 is 1.25 bits per heavy atom. The predicted molar refractivity (Wildman–Crippen MR) is 80.9 cm³/mol. The lowest BCUT2D eigenvalue weighted by molar-refractivity contribution is -0.0681. The van der Waals surface area contributed by atoms with Crippen LogP contribution in [-0.4, -0.2) is 53.3 Å². The average molecular weight is 278 g/mol. The monoisotopic (exact) mass is 278 g/mol. The predicted octanol–water partition coefficient (Wildman–Crippen LogP) is 2.09. The lowest BCUT2D eigenvalue weighted by atomic mass is 10.2. The number of morpholine rings is 1. The Kier molecular flexibility index (Phi) is 5.73. The summed E-state index contributed by atoms with van der Waals surface area (Å²) >= 11 is 0. The minimum absolute atomic E-state index is 0.362. The Morgan fingerprint density at radius 2 is 2.00 bits per heavy atom. The summed E-state index contributed by atoms with van der Waals surface area (Å²) < 4.78 is 5.74. The fourth-order valence-corrected chi connectivity index (χ4v) is 2.70. The molecule has 1 aliphatic rings. The SMILES string of the molecule is Cc1cc(NCCCCN2C[C@H](C)O[C@@H](C)C2)ncn1. The van der Waals surface area contributed by atoms with Gasteiger partial charge in [0.05, 0.1) is 12.2 Å². The van der Waals surface area contributed by atoms with Gasteiger partial charge in [0.25, 0.3) is 0 Å². The highest BCUT2D eigenvalue weighted by Crippen LogP contribution is 2.11. The van der Waals surface area contributed by atoms with E-state index in [0.717, 1.165) is 44.1 Å². The van der Waals surface area contributed by atoms with E-state index in [-0.39, 0.29) is 0 Å². The van der Waals surface area contributed by atoms with Crippen LogP contribution < -0.4 is 5.32 Å². The molecule has 5 nitrogen and oxygen atoms in total. The molecule has 20 heavy (non-hydrogen) atoms. The second-order valence-electron chi connectivity index (χ2n) is 5.70. The van der Waals surface area contributed by atoms with Crippen LogP contribution in [0.15, 0.2) is 12.4 Å². The molecule has 1 aromatic rings. The van der Waals surface area contributed by atoms with Crippen molar-refractivity contribution < 1.29 is 4.74 Å². The highest BCUT2D eigenvalue weighted by molar-refractivity contribution is 5.33. The van der Waals surface area contributed by atoms with Crippen molar-refractivity contribution in [2.75, 3.05) is 31.5 Å². The first-order valence-corrected chi connectivity index (χ1v) is 7.54. The molecule has 0 aliphatic carbocycles. The zero-order chi connectivity index (χ0) is 14.4.